The van der Waals surface area contributed by atoms with E-state index in [9.17, 15) is 4.79 Å². The van der Waals surface area contributed by atoms with Crippen LogP contribution in [0.5, 0.6) is 0 Å². The molecule has 80 valence electrons. The number of hydrogen-bond acceptors (Lipinski definition) is 2. The fraction of sp³-hybridized carbons (Fsp3) is 0.182. The maximum absolute atomic E-state index is 10.4. The van der Waals surface area contributed by atoms with Crippen LogP contribution in [0.25, 0.3) is 0 Å². The fourth-order valence-electron chi connectivity index (χ4n) is 1.25. The van der Waals surface area contributed by atoms with Gasteiger partial charge in [-0.05, 0) is 24.7 Å². The van der Waals surface area contributed by atoms with Gasteiger partial charge in [-0.1, -0.05) is 34.1 Å². The number of likely N-dealkylation sites (N-methyl/N-ethyl adjacent to an activating group) is 1. The average Bonchev–Trinajstić information content (AvgIpc) is 2.18. The topological polar surface area (TPSA) is 49.3 Å². The molecule has 0 aliphatic rings. The van der Waals surface area contributed by atoms with E-state index in [1.807, 2.05) is 24.3 Å². The van der Waals surface area contributed by atoms with E-state index >= 15 is 0 Å². The Kier molecular flexibility index (Phi) is 4.52. The Balaban J connectivity index is 2.87. The predicted octanol–water partition coefficient (Wildman–Crippen LogP) is 2.35. The lowest BCUT2D eigenvalue weighted by Gasteiger charge is -2.11. The lowest BCUT2D eigenvalue weighted by Crippen LogP contribution is -2.14. The van der Waals surface area contributed by atoms with Gasteiger partial charge in [-0.15, -0.1) is 0 Å². The smallest absolute Gasteiger partial charge is 0.328 e. The van der Waals surface area contributed by atoms with Crippen molar-refractivity contribution in [1.82, 2.24) is 5.32 Å². The summed E-state index contributed by atoms with van der Waals surface area (Å²) < 4.78 is 0.976. The Hall–Kier alpha value is -1.13. The number of aliphatic carboxylic acids is 1. The Morgan fingerprint density at radius 3 is 2.87 bits per heavy atom. The molecule has 0 fully saturated rings. The van der Waals surface area contributed by atoms with Crippen LogP contribution in [0.3, 0.4) is 0 Å². The molecule has 0 aliphatic carbocycles. The van der Waals surface area contributed by atoms with Crippen LogP contribution in [0.1, 0.15) is 11.6 Å². The molecule has 2 N–H and O–H groups in total. The van der Waals surface area contributed by atoms with E-state index < -0.39 is 5.97 Å². The molecule has 0 radical (unpaired) electrons. The summed E-state index contributed by atoms with van der Waals surface area (Å²) in [6.07, 6.45) is 2.76. The molecule has 0 saturated carbocycles. The molecule has 1 unspecified atom stereocenters. The minimum atomic E-state index is -0.940. The van der Waals surface area contributed by atoms with Gasteiger partial charge in [0, 0.05) is 10.5 Å². The highest BCUT2D eigenvalue weighted by Gasteiger charge is 2.05. The van der Waals surface area contributed by atoms with Crippen molar-refractivity contribution in [2.75, 3.05) is 7.05 Å². The molecule has 4 heteroatoms. The number of benzene rings is 1. The summed E-state index contributed by atoms with van der Waals surface area (Å²) >= 11 is 3.37. The predicted molar refractivity (Wildman–Crippen MR) is 62.7 cm³/mol. The lowest BCUT2D eigenvalue weighted by atomic mass is 10.1. The molecule has 0 aliphatic heterocycles. The van der Waals surface area contributed by atoms with Gasteiger partial charge in [0.2, 0.25) is 0 Å². The molecular weight excluding hydrogens is 258 g/mol. The summed E-state index contributed by atoms with van der Waals surface area (Å²) in [7, 11) is 1.79. The molecule has 0 spiro atoms. The zero-order chi connectivity index (χ0) is 11.3. The highest BCUT2D eigenvalue weighted by atomic mass is 79.9. The van der Waals surface area contributed by atoms with Crippen molar-refractivity contribution in [1.29, 1.82) is 0 Å². The molecular formula is C11H12BrNO2. The van der Waals surface area contributed by atoms with E-state index in [0.29, 0.717) is 0 Å². The van der Waals surface area contributed by atoms with Crippen LogP contribution >= 0.6 is 15.9 Å². The van der Waals surface area contributed by atoms with Gasteiger partial charge in [-0.3, -0.25) is 0 Å². The molecule has 3 nitrogen and oxygen atoms in total. The van der Waals surface area contributed by atoms with Crippen LogP contribution in [-0.2, 0) is 4.79 Å². The van der Waals surface area contributed by atoms with Crippen molar-refractivity contribution in [3.05, 3.63) is 46.5 Å². The lowest BCUT2D eigenvalue weighted by molar-refractivity contribution is -0.131. The molecule has 15 heavy (non-hydrogen) atoms. The third kappa shape index (κ3) is 3.85. The van der Waals surface area contributed by atoms with E-state index in [2.05, 4.69) is 21.2 Å². The van der Waals surface area contributed by atoms with Gasteiger partial charge in [0.05, 0.1) is 6.04 Å². The van der Waals surface area contributed by atoms with Crippen LogP contribution < -0.4 is 5.32 Å². The second-order valence-corrected chi connectivity index (χ2v) is 3.93. The SMILES string of the molecule is CNC(/C=C/C(=O)O)c1cccc(Br)c1. The number of carboxylic acids is 1. The number of halogens is 1. The van der Waals surface area contributed by atoms with Crippen molar-refractivity contribution < 1.29 is 9.90 Å². The van der Waals surface area contributed by atoms with Gasteiger partial charge in [0.1, 0.15) is 0 Å². The quantitative estimate of drug-likeness (QED) is 0.826. The monoisotopic (exact) mass is 269 g/mol. The highest BCUT2D eigenvalue weighted by molar-refractivity contribution is 9.10. The number of rotatable bonds is 4. The molecule has 0 bridgehead atoms. The first kappa shape index (κ1) is 11.9. The van der Waals surface area contributed by atoms with Gasteiger partial charge in [0.15, 0.2) is 0 Å². The molecule has 0 aromatic heterocycles. The molecule has 0 heterocycles. The summed E-state index contributed by atoms with van der Waals surface area (Å²) in [5.74, 6) is -0.940. The summed E-state index contributed by atoms with van der Waals surface area (Å²) in [5.41, 5.74) is 1.02. The Labute approximate surface area is 96.9 Å². The maximum Gasteiger partial charge on any atom is 0.328 e. The normalized spacial score (nSPS) is 12.9. The van der Waals surface area contributed by atoms with Crippen LogP contribution in [0.15, 0.2) is 40.9 Å². The van der Waals surface area contributed by atoms with Gasteiger partial charge < -0.3 is 10.4 Å². The zero-order valence-electron chi connectivity index (χ0n) is 8.27. The maximum atomic E-state index is 10.4. The molecule has 1 aromatic carbocycles. The number of hydrogen-bond donors (Lipinski definition) is 2. The first-order valence-electron chi connectivity index (χ1n) is 4.47. The Bertz CT molecular complexity index is 377. The second kappa shape index (κ2) is 5.68. The van der Waals surface area contributed by atoms with Crippen molar-refractivity contribution in [3.8, 4) is 0 Å². The summed E-state index contributed by atoms with van der Waals surface area (Å²) in [4.78, 5) is 10.4. The first-order chi connectivity index (χ1) is 7.13. The van der Waals surface area contributed by atoms with Crippen molar-refractivity contribution in [2.45, 2.75) is 6.04 Å². The van der Waals surface area contributed by atoms with Crippen LogP contribution in [-0.4, -0.2) is 18.1 Å². The van der Waals surface area contributed by atoms with E-state index in [0.717, 1.165) is 16.1 Å². The van der Waals surface area contributed by atoms with Gasteiger partial charge >= 0.3 is 5.97 Å². The average molecular weight is 270 g/mol. The fourth-order valence-corrected chi connectivity index (χ4v) is 1.67. The minimum absolute atomic E-state index is 0.0846. The molecule has 0 amide bonds. The van der Waals surface area contributed by atoms with Crippen LogP contribution in [0.2, 0.25) is 0 Å². The van der Waals surface area contributed by atoms with Crippen LogP contribution in [0, 0.1) is 0 Å². The molecule has 1 aromatic rings. The van der Waals surface area contributed by atoms with Crippen molar-refractivity contribution in [2.24, 2.45) is 0 Å². The first-order valence-corrected chi connectivity index (χ1v) is 5.26. The summed E-state index contributed by atoms with van der Waals surface area (Å²) in [6.45, 7) is 0. The van der Waals surface area contributed by atoms with Gasteiger partial charge in [0.25, 0.3) is 0 Å². The molecule has 0 saturated heterocycles. The van der Waals surface area contributed by atoms with Crippen molar-refractivity contribution >= 4 is 21.9 Å². The largest absolute Gasteiger partial charge is 0.478 e. The molecule has 1 atom stereocenters. The van der Waals surface area contributed by atoms with Crippen LogP contribution in [0.4, 0.5) is 0 Å². The second-order valence-electron chi connectivity index (χ2n) is 3.02. The summed E-state index contributed by atoms with van der Waals surface area (Å²) in [6, 6.07) is 7.65. The minimum Gasteiger partial charge on any atom is -0.478 e. The van der Waals surface area contributed by atoms with E-state index in [-0.39, 0.29) is 6.04 Å². The van der Waals surface area contributed by atoms with E-state index in [1.165, 1.54) is 0 Å². The number of nitrogens with one attached hydrogen (secondary N) is 1. The Morgan fingerprint density at radius 2 is 2.33 bits per heavy atom. The number of carboxylic acid groups (broad SMARTS) is 1. The molecule has 1 rings (SSSR count). The Morgan fingerprint density at radius 1 is 1.60 bits per heavy atom. The van der Waals surface area contributed by atoms with Gasteiger partial charge in [-0.2, -0.15) is 0 Å². The number of carbonyl (C=O) groups is 1. The van der Waals surface area contributed by atoms with E-state index in [1.54, 1.807) is 13.1 Å². The summed E-state index contributed by atoms with van der Waals surface area (Å²) in [5, 5.41) is 11.6. The standard InChI is InChI=1S/C11H12BrNO2/c1-13-10(5-6-11(14)15)8-3-2-4-9(12)7-8/h2-7,10,13H,1H3,(H,14,15)/b6-5+. The van der Waals surface area contributed by atoms with Crippen molar-refractivity contribution in [3.63, 3.8) is 0 Å². The third-order valence-corrected chi connectivity index (χ3v) is 2.44. The third-order valence-electron chi connectivity index (χ3n) is 1.95. The highest BCUT2D eigenvalue weighted by Crippen LogP contribution is 2.18. The van der Waals surface area contributed by atoms with Gasteiger partial charge in [-0.25, -0.2) is 4.79 Å². The van der Waals surface area contributed by atoms with E-state index in [4.69, 9.17) is 5.11 Å². The zero-order valence-corrected chi connectivity index (χ0v) is 9.86.